The number of carbonyl (C=O) groups is 2. The van der Waals surface area contributed by atoms with Crippen LogP contribution < -0.4 is 9.47 Å². The summed E-state index contributed by atoms with van der Waals surface area (Å²) in [5, 5.41) is 2.29. The zero-order chi connectivity index (χ0) is 25.6. The molecule has 0 aliphatic heterocycles. The second kappa shape index (κ2) is 14.4. The lowest BCUT2D eigenvalue weighted by atomic mass is 10.0. The van der Waals surface area contributed by atoms with Crippen LogP contribution in [0.15, 0.2) is 86.0 Å². The van der Waals surface area contributed by atoms with Crippen molar-refractivity contribution in [3.63, 3.8) is 0 Å². The van der Waals surface area contributed by atoms with Crippen molar-refractivity contribution in [1.82, 2.24) is 0 Å². The Morgan fingerprint density at radius 2 is 1.11 bits per heavy atom. The molecule has 0 N–H and O–H groups in total. The molecule has 0 aromatic heterocycles. The molecule has 0 fully saturated rings. The van der Waals surface area contributed by atoms with Crippen LogP contribution in [0.25, 0.3) is 10.8 Å². The Hall–Kier alpha value is -4.06. The number of rotatable bonds is 15. The molecule has 0 saturated heterocycles. The van der Waals surface area contributed by atoms with Gasteiger partial charge in [0, 0.05) is 25.0 Å². The normalized spacial score (nSPS) is 10.4. The molecule has 3 rings (SSSR count). The highest BCUT2D eigenvalue weighted by Gasteiger charge is 2.03. The summed E-state index contributed by atoms with van der Waals surface area (Å²) in [6.07, 6.45) is 5.43. The molecule has 0 aliphatic carbocycles. The van der Waals surface area contributed by atoms with Crippen molar-refractivity contribution in [3.05, 3.63) is 97.1 Å². The van der Waals surface area contributed by atoms with Gasteiger partial charge in [-0.2, -0.15) is 0 Å². The first kappa shape index (κ1) is 26.5. The molecule has 6 heteroatoms. The number of hydrogen-bond donors (Lipinski definition) is 0. The van der Waals surface area contributed by atoms with E-state index in [9.17, 15) is 9.59 Å². The number of ether oxygens (including phenoxy) is 4. The van der Waals surface area contributed by atoms with Crippen LogP contribution in [0.2, 0.25) is 0 Å². The fraction of sp³-hybridized carbons (Fsp3) is 0.267. The lowest BCUT2D eigenvalue weighted by molar-refractivity contribution is -0.138. The molecule has 3 aromatic carbocycles. The van der Waals surface area contributed by atoms with Crippen LogP contribution in [0.4, 0.5) is 0 Å². The highest BCUT2D eigenvalue weighted by Crippen LogP contribution is 2.23. The standard InChI is InChI=1S/C30H32O6/c1-3-29(31)35-19-5-17-33-27-14-10-23(11-15-27)7-8-24-9-12-26-22-28(16-13-25(26)21-24)34-18-6-20-36-30(32)4-2/h3-4,9-16,21-22H,1-2,5-8,17-20H2. The largest absolute Gasteiger partial charge is 0.493 e. The molecule has 0 aliphatic rings. The number of hydrogen-bond acceptors (Lipinski definition) is 6. The quantitative estimate of drug-likeness (QED) is 0.157. The third kappa shape index (κ3) is 8.95. The predicted octanol–water partition coefficient (Wildman–Crippen LogP) is 5.62. The molecule has 0 radical (unpaired) electrons. The Balaban J connectivity index is 1.41. The van der Waals surface area contributed by atoms with E-state index in [-0.39, 0.29) is 0 Å². The van der Waals surface area contributed by atoms with Crippen molar-refractivity contribution < 1.29 is 28.5 Å². The molecule has 0 atom stereocenters. The number of aryl methyl sites for hydroxylation is 2. The number of carbonyl (C=O) groups excluding carboxylic acids is 2. The van der Waals surface area contributed by atoms with Gasteiger partial charge < -0.3 is 18.9 Å². The average Bonchev–Trinajstić information content (AvgIpc) is 2.91. The van der Waals surface area contributed by atoms with E-state index in [1.54, 1.807) is 0 Å². The van der Waals surface area contributed by atoms with Gasteiger partial charge in [0.2, 0.25) is 0 Å². The van der Waals surface area contributed by atoms with E-state index in [0.717, 1.165) is 41.9 Å². The summed E-state index contributed by atoms with van der Waals surface area (Å²) in [5.74, 6) is 0.766. The van der Waals surface area contributed by atoms with E-state index in [1.165, 1.54) is 16.5 Å². The summed E-state index contributed by atoms with van der Waals surface area (Å²) < 4.78 is 21.3. The Kier molecular flexibility index (Phi) is 10.6. The highest BCUT2D eigenvalue weighted by molar-refractivity contribution is 5.84. The van der Waals surface area contributed by atoms with Crippen LogP contribution in [-0.4, -0.2) is 38.4 Å². The molecular weight excluding hydrogens is 456 g/mol. The van der Waals surface area contributed by atoms with Crippen molar-refractivity contribution in [3.8, 4) is 11.5 Å². The Labute approximate surface area is 212 Å². The third-order valence-corrected chi connectivity index (χ3v) is 5.44. The van der Waals surface area contributed by atoms with Gasteiger partial charge in [-0.25, -0.2) is 9.59 Å². The number of fused-ring (bicyclic) bond motifs is 1. The minimum atomic E-state index is -0.417. The maximum absolute atomic E-state index is 11.0. The zero-order valence-corrected chi connectivity index (χ0v) is 20.4. The average molecular weight is 489 g/mol. The molecule has 0 unspecified atom stereocenters. The molecule has 0 amide bonds. The fourth-order valence-corrected chi connectivity index (χ4v) is 3.52. The monoisotopic (exact) mass is 488 g/mol. The summed E-state index contributed by atoms with van der Waals surface area (Å²) >= 11 is 0. The van der Waals surface area contributed by atoms with Crippen LogP contribution in [-0.2, 0) is 31.9 Å². The first-order valence-electron chi connectivity index (χ1n) is 12.0. The van der Waals surface area contributed by atoms with Gasteiger partial charge in [-0.05, 0) is 59.0 Å². The van der Waals surface area contributed by atoms with Gasteiger partial charge in [-0.15, -0.1) is 0 Å². The Morgan fingerprint density at radius 1 is 0.611 bits per heavy atom. The molecule has 0 spiro atoms. The Bertz CT molecular complexity index is 1170. The lowest BCUT2D eigenvalue weighted by Gasteiger charge is -2.09. The smallest absolute Gasteiger partial charge is 0.330 e. The van der Waals surface area contributed by atoms with Gasteiger partial charge in [-0.1, -0.05) is 49.6 Å². The van der Waals surface area contributed by atoms with Gasteiger partial charge in [0.15, 0.2) is 0 Å². The summed E-state index contributed by atoms with van der Waals surface area (Å²) in [7, 11) is 0. The molecular formula is C30H32O6. The summed E-state index contributed by atoms with van der Waals surface area (Å²) in [5.41, 5.74) is 2.51. The minimum absolute atomic E-state index is 0.312. The van der Waals surface area contributed by atoms with Gasteiger partial charge in [0.05, 0.1) is 26.4 Å². The third-order valence-electron chi connectivity index (χ3n) is 5.44. The van der Waals surface area contributed by atoms with Gasteiger partial charge >= 0.3 is 11.9 Å². The molecule has 3 aromatic rings. The Morgan fingerprint density at radius 3 is 1.75 bits per heavy atom. The van der Waals surface area contributed by atoms with Crippen LogP contribution in [0, 0.1) is 0 Å². The van der Waals surface area contributed by atoms with Crippen molar-refractivity contribution in [2.24, 2.45) is 0 Å². The second-order valence-corrected chi connectivity index (χ2v) is 8.13. The van der Waals surface area contributed by atoms with Crippen LogP contribution >= 0.6 is 0 Å². The molecule has 6 nitrogen and oxygen atoms in total. The van der Waals surface area contributed by atoms with Crippen molar-refractivity contribution in [2.45, 2.75) is 25.7 Å². The SMILES string of the molecule is C=CC(=O)OCCCOc1ccc(CCc2ccc3cc(OCCCOC(=O)C=C)ccc3c2)cc1. The lowest BCUT2D eigenvalue weighted by Crippen LogP contribution is -2.06. The second-order valence-electron chi connectivity index (χ2n) is 8.13. The molecule has 36 heavy (non-hydrogen) atoms. The first-order chi connectivity index (χ1) is 17.6. The topological polar surface area (TPSA) is 71.1 Å². The fourth-order valence-electron chi connectivity index (χ4n) is 3.52. The molecule has 0 heterocycles. The summed E-state index contributed by atoms with van der Waals surface area (Å²) in [6, 6.07) is 20.6. The summed E-state index contributed by atoms with van der Waals surface area (Å²) in [6.45, 7) is 8.32. The zero-order valence-electron chi connectivity index (χ0n) is 20.4. The molecule has 188 valence electrons. The molecule has 0 bridgehead atoms. The maximum Gasteiger partial charge on any atom is 0.330 e. The van der Waals surface area contributed by atoms with E-state index in [4.69, 9.17) is 18.9 Å². The highest BCUT2D eigenvalue weighted by atomic mass is 16.5. The van der Waals surface area contributed by atoms with E-state index >= 15 is 0 Å². The number of esters is 2. The van der Waals surface area contributed by atoms with Crippen LogP contribution in [0.3, 0.4) is 0 Å². The predicted molar refractivity (Wildman–Crippen MR) is 140 cm³/mol. The van der Waals surface area contributed by atoms with Crippen molar-refractivity contribution in [2.75, 3.05) is 26.4 Å². The van der Waals surface area contributed by atoms with E-state index in [0.29, 0.717) is 39.3 Å². The summed E-state index contributed by atoms with van der Waals surface area (Å²) in [4.78, 5) is 22.0. The minimum Gasteiger partial charge on any atom is -0.493 e. The first-order valence-corrected chi connectivity index (χ1v) is 12.0. The van der Waals surface area contributed by atoms with Crippen LogP contribution in [0.1, 0.15) is 24.0 Å². The molecule has 0 saturated carbocycles. The van der Waals surface area contributed by atoms with E-state index < -0.39 is 11.9 Å². The van der Waals surface area contributed by atoms with Crippen molar-refractivity contribution >= 4 is 22.7 Å². The van der Waals surface area contributed by atoms with Crippen LogP contribution in [0.5, 0.6) is 11.5 Å². The van der Waals surface area contributed by atoms with E-state index in [1.807, 2.05) is 24.3 Å². The van der Waals surface area contributed by atoms with Crippen molar-refractivity contribution in [1.29, 1.82) is 0 Å². The van der Waals surface area contributed by atoms with Gasteiger partial charge in [0.25, 0.3) is 0 Å². The van der Waals surface area contributed by atoms with Gasteiger partial charge in [0.1, 0.15) is 11.5 Å². The maximum atomic E-state index is 11.0. The number of benzene rings is 3. The van der Waals surface area contributed by atoms with Gasteiger partial charge in [-0.3, -0.25) is 0 Å². The van der Waals surface area contributed by atoms with E-state index in [2.05, 4.69) is 49.6 Å².